The summed E-state index contributed by atoms with van der Waals surface area (Å²) in [6.07, 6.45) is 3.12. The number of hydrogen-bond donors (Lipinski definition) is 1. The fourth-order valence-electron chi connectivity index (χ4n) is 5.08. The third-order valence-corrected chi connectivity index (χ3v) is 6.66. The number of likely N-dealkylation sites (tertiary alicyclic amines) is 1. The normalized spacial score (nSPS) is 25.0. The molecule has 5 rings (SSSR count). The van der Waals surface area contributed by atoms with Gasteiger partial charge in [0.1, 0.15) is 5.75 Å². The van der Waals surface area contributed by atoms with Crippen LogP contribution in [0, 0.1) is 11.3 Å². The van der Waals surface area contributed by atoms with Gasteiger partial charge in [-0.2, -0.15) is 0 Å². The molecule has 3 aliphatic rings. The second kappa shape index (κ2) is 7.76. The number of fused-ring (bicyclic) bond motifs is 2. The minimum atomic E-state index is 0. The number of rotatable bonds is 4. The van der Waals surface area contributed by atoms with Crippen LogP contribution in [0.15, 0.2) is 48.5 Å². The highest BCUT2D eigenvalue weighted by Crippen LogP contribution is 2.43. The van der Waals surface area contributed by atoms with E-state index in [1.165, 1.54) is 11.1 Å². The third-order valence-electron chi connectivity index (χ3n) is 6.66. The molecule has 1 N–H and O–H groups in total. The van der Waals surface area contributed by atoms with Crippen molar-refractivity contribution in [1.82, 2.24) is 10.2 Å². The van der Waals surface area contributed by atoms with E-state index in [9.17, 15) is 4.79 Å². The molecular formula is C23H27ClN2O2. The Hall–Kier alpha value is -2.04. The zero-order chi connectivity index (χ0) is 18.3. The average molecular weight is 399 g/mol. The highest BCUT2D eigenvalue weighted by molar-refractivity contribution is 5.95. The zero-order valence-electron chi connectivity index (χ0n) is 16.0. The van der Waals surface area contributed by atoms with Crippen molar-refractivity contribution in [3.05, 3.63) is 65.2 Å². The Morgan fingerprint density at radius 2 is 2.07 bits per heavy atom. The zero-order valence-corrected chi connectivity index (χ0v) is 16.8. The van der Waals surface area contributed by atoms with Gasteiger partial charge in [-0.1, -0.05) is 30.3 Å². The Morgan fingerprint density at radius 3 is 2.93 bits per heavy atom. The lowest BCUT2D eigenvalue weighted by Crippen LogP contribution is -2.36. The summed E-state index contributed by atoms with van der Waals surface area (Å²) in [5.41, 5.74) is 3.58. The highest BCUT2D eigenvalue weighted by Gasteiger charge is 2.50. The molecular weight excluding hydrogens is 372 g/mol. The largest absolute Gasteiger partial charge is 0.493 e. The van der Waals surface area contributed by atoms with E-state index in [0.29, 0.717) is 5.92 Å². The quantitative estimate of drug-likeness (QED) is 0.858. The molecule has 2 aromatic carbocycles. The first kappa shape index (κ1) is 19.3. The predicted octanol–water partition coefficient (Wildman–Crippen LogP) is 3.34. The Labute approximate surface area is 172 Å². The summed E-state index contributed by atoms with van der Waals surface area (Å²) in [7, 11) is 0. The number of amides is 1. The molecule has 0 aromatic heterocycles. The molecule has 5 heteroatoms. The van der Waals surface area contributed by atoms with Crippen LogP contribution < -0.4 is 10.1 Å². The van der Waals surface area contributed by atoms with Crippen LogP contribution in [0.4, 0.5) is 0 Å². The van der Waals surface area contributed by atoms with E-state index in [0.717, 1.165) is 63.4 Å². The van der Waals surface area contributed by atoms with Gasteiger partial charge in [0.25, 0.3) is 5.91 Å². The van der Waals surface area contributed by atoms with Gasteiger partial charge in [0, 0.05) is 43.6 Å². The van der Waals surface area contributed by atoms with E-state index < -0.39 is 0 Å². The summed E-state index contributed by atoms with van der Waals surface area (Å²) in [6.45, 7) is 4.51. The first-order valence-corrected chi connectivity index (χ1v) is 10.0. The van der Waals surface area contributed by atoms with Crippen LogP contribution in [0.25, 0.3) is 0 Å². The SMILES string of the molecule is Cl.O=C(c1ccc2c(c1)CCO2)N1CC2CNCC2(CCc2ccccc2)C1. The maximum atomic E-state index is 13.2. The van der Waals surface area contributed by atoms with Crippen LogP contribution in [0.2, 0.25) is 0 Å². The fourth-order valence-corrected chi connectivity index (χ4v) is 5.08. The lowest BCUT2D eigenvalue weighted by molar-refractivity contribution is 0.0769. The molecule has 0 spiro atoms. The number of aryl methyl sites for hydroxylation is 1. The van der Waals surface area contributed by atoms with Crippen LogP contribution in [-0.4, -0.2) is 43.6 Å². The summed E-state index contributed by atoms with van der Waals surface area (Å²) in [4.78, 5) is 15.3. The number of hydrogen-bond acceptors (Lipinski definition) is 3. The minimum absolute atomic E-state index is 0. The molecule has 2 saturated heterocycles. The Balaban J connectivity index is 0.00000192. The lowest BCUT2D eigenvalue weighted by Gasteiger charge is -2.28. The van der Waals surface area contributed by atoms with Crippen molar-refractivity contribution in [2.75, 3.05) is 32.8 Å². The Morgan fingerprint density at radius 1 is 1.21 bits per heavy atom. The second-order valence-corrected chi connectivity index (χ2v) is 8.28. The molecule has 3 aliphatic heterocycles. The van der Waals surface area contributed by atoms with Gasteiger partial charge >= 0.3 is 0 Å². The van der Waals surface area contributed by atoms with Crippen molar-refractivity contribution < 1.29 is 9.53 Å². The first-order valence-electron chi connectivity index (χ1n) is 10.0. The number of nitrogens with zero attached hydrogens (tertiary/aromatic N) is 1. The molecule has 28 heavy (non-hydrogen) atoms. The maximum absolute atomic E-state index is 13.2. The standard InChI is InChI=1S/C23H26N2O2.ClH/c26-22(19-6-7-21-18(12-19)9-11-27-21)25-14-20-13-24-15-23(20,16-25)10-8-17-4-2-1-3-5-17;/h1-7,12,20,24H,8-11,13-16H2;1H. The minimum Gasteiger partial charge on any atom is -0.493 e. The van der Waals surface area contributed by atoms with Crippen molar-refractivity contribution in [3.8, 4) is 5.75 Å². The van der Waals surface area contributed by atoms with Crippen molar-refractivity contribution in [2.45, 2.75) is 19.3 Å². The monoisotopic (exact) mass is 398 g/mol. The molecule has 0 aliphatic carbocycles. The number of nitrogens with one attached hydrogen (secondary N) is 1. The van der Waals surface area contributed by atoms with Gasteiger partial charge in [0.15, 0.2) is 0 Å². The first-order chi connectivity index (χ1) is 13.2. The van der Waals surface area contributed by atoms with E-state index in [2.05, 4.69) is 40.5 Å². The van der Waals surface area contributed by atoms with Crippen LogP contribution in [0.3, 0.4) is 0 Å². The van der Waals surface area contributed by atoms with Gasteiger partial charge in [0.2, 0.25) is 0 Å². The molecule has 1 amide bonds. The number of ether oxygens (including phenoxy) is 1. The fraction of sp³-hybridized carbons (Fsp3) is 0.435. The summed E-state index contributed by atoms with van der Waals surface area (Å²) < 4.78 is 5.58. The van der Waals surface area contributed by atoms with Crippen LogP contribution in [0.5, 0.6) is 5.75 Å². The molecule has 0 bridgehead atoms. The number of carbonyl (C=O) groups is 1. The summed E-state index contributed by atoms with van der Waals surface area (Å²) in [5, 5.41) is 3.58. The van der Waals surface area contributed by atoms with E-state index in [4.69, 9.17) is 4.74 Å². The van der Waals surface area contributed by atoms with Crippen molar-refractivity contribution in [2.24, 2.45) is 11.3 Å². The van der Waals surface area contributed by atoms with E-state index in [-0.39, 0.29) is 23.7 Å². The van der Waals surface area contributed by atoms with E-state index >= 15 is 0 Å². The number of benzene rings is 2. The Bertz CT molecular complexity index is 857. The maximum Gasteiger partial charge on any atom is 0.253 e. The van der Waals surface area contributed by atoms with Crippen molar-refractivity contribution in [3.63, 3.8) is 0 Å². The van der Waals surface area contributed by atoms with Gasteiger partial charge in [-0.3, -0.25) is 4.79 Å². The molecule has 148 valence electrons. The highest BCUT2D eigenvalue weighted by atomic mass is 35.5. The van der Waals surface area contributed by atoms with Crippen LogP contribution >= 0.6 is 12.4 Å². The molecule has 2 aromatic rings. The number of carbonyl (C=O) groups excluding carboxylic acids is 1. The topological polar surface area (TPSA) is 41.6 Å². The van der Waals surface area contributed by atoms with Crippen molar-refractivity contribution in [1.29, 1.82) is 0 Å². The van der Waals surface area contributed by atoms with Crippen LogP contribution in [0.1, 0.15) is 27.9 Å². The summed E-state index contributed by atoms with van der Waals surface area (Å²) in [5.74, 6) is 1.68. The molecule has 0 radical (unpaired) electrons. The smallest absolute Gasteiger partial charge is 0.253 e. The molecule has 2 atom stereocenters. The predicted molar refractivity (Wildman–Crippen MR) is 112 cm³/mol. The molecule has 2 fully saturated rings. The van der Waals surface area contributed by atoms with Gasteiger partial charge in [-0.05, 0) is 48.1 Å². The third kappa shape index (κ3) is 3.40. The van der Waals surface area contributed by atoms with Gasteiger partial charge in [-0.25, -0.2) is 0 Å². The molecule has 2 unspecified atom stereocenters. The van der Waals surface area contributed by atoms with Gasteiger partial charge in [0.05, 0.1) is 6.61 Å². The van der Waals surface area contributed by atoms with Gasteiger partial charge < -0.3 is 15.0 Å². The molecule has 3 heterocycles. The Kier molecular flexibility index (Phi) is 5.35. The van der Waals surface area contributed by atoms with E-state index in [1.54, 1.807) is 0 Å². The second-order valence-electron chi connectivity index (χ2n) is 8.28. The number of halogens is 1. The van der Waals surface area contributed by atoms with Crippen LogP contribution in [-0.2, 0) is 12.8 Å². The van der Waals surface area contributed by atoms with Crippen molar-refractivity contribution >= 4 is 18.3 Å². The molecule has 4 nitrogen and oxygen atoms in total. The van der Waals surface area contributed by atoms with Gasteiger partial charge in [-0.15, -0.1) is 12.4 Å². The lowest BCUT2D eigenvalue weighted by atomic mass is 9.76. The summed E-state index contributed by atoms with van der Waals surface area (Å²) in [6, 6.07) is 16.6. The van der Waals surface area contributed by atoms with E-state index in [1.807, 2.05) is 18.2 Å². The molecule has 0 saturated carbocycles. The summed E-state index contributed by atoms with van der Waals surface area (Å²) >= 11 is 0. The average Bonchev–Trinajstić information content (AvgIpc) is 3.40.